The highest BCUT2D eigenvalue weighted by Crippen LogP contribution is 2.07. The van der Waals surface area contributed by atoms with E-state index in [9.17, 15) is 9.90 Å². The summed E-state index contributed by atoms with van der Waals surface area (Å²) in [6, 6.07) is 0. The number of esters is 1. The van der Waals surface area contributed by atoms with Gasteiger partial charge in [-0.15, -0.1) is 0 Å². The molecule has 0 rings (SSSR count). The van der Waals surface area contributed by atoms with Gasteiger partial charge >= 0.3 is 5.97 Å². The lowest BCUT2D eigenvalue weighted by atomic mass is 10.1. The van der Waals surface area contributed by atoms with Crippen LogP contribution in [0.2, 0.25) is 0 Å². The molecule has 0 spiro atoms. The molecule has 0 amide bonds. The second-order valence-corrected chi connectivity index (χ2v) is 13.6. The van der Waals surface area contributed by atoms with Crippen LogP contribution in [0.25, 0.3) is 0 Å². The molecule has 0 aliphatic rings. The first kappa shape index (κ1) is 53.0. The first-order valence-electron chi connectivity index (χ1n) is 22.1. The Morgan fingerprint density at radius 2 is 0.737 bits per heavy atom. The second kappa shape index (κ2) is 48.2. The number of ether oxygens (including phenoxy) is 2. The van der Waals surface area contributed by atoms with Crippen molar-refractivity contribution in [1.82, 2.24) is 0 Å². The number of hydrogen-bond acceptors (Lipinski definition) is 4. The number of aliphatic hydroxyl groups is 1. The fourth-order valence-corrected chi connectivity index (χ4v) is 5.15. The molecule has 0 saturated carbocycles. The summed E-state index contributed by atoms with van der Waals surface area (Å²) in [7, 11) is 0. The number of rotatable bonds is 38. The molecule has 0 fully saturated rings. The van der Waals surface area contributed by atoms with E-state index in [1.54, 1.807) is 0 Å². The molecule has 0 aromatic heterocycles. The summed E-state index contributed by atoms with van der Waals surface area (Å²) in [6.07, 6.45) is 76.0. The van der Waals surface area contributed by atoms with Crippen LogP contribution in [0.1, 0.15) is 142 Å². The van der Waals surface area contributed by atoms with Crippen LogP contribution < -0.4 is 0 Å². The van der Waals surface area contributed by atoms with Crippen LogP contribution in [-0.2, 0) is 14.3 Å². The van der Waals surface area contributed by atoms with Gasteiger partial charge in [0.2, 0.25) is 0 Å². The topological polar surface area (TPSA) is 55.8 Å². The van der Waals surface area contributed by atoms with E-state index in [1.165, 1.54) is 12.8 Å². The number of unbranched alkanes of at least 4 members (excludes halogenated alkanes) is 4. The van der Waals surface area contributed by atoms with Gasteiger partial charge < -0.3 is 14.6 Å². The minimum Gasteiger partial charge on any atom is -0.457 e. The van der Waals surface area contributed by atoms with Gasteiger partial charge in [-0.1, -0.05) is 185 Å². The number of aliphatic hydroxyl groups excluding tert-OH is 1. The lowest BCUT2D eigenvalue weighted by molar-refractivity contribution is -0.154. The highest BCUT2D eigenvalue weighted by atomic mass is 16.6. The maximum absolute atomic E-state index is 12.2. The van der Waals surface area contributed by atoms with Crippen molar-refractivity contribution in [3.05, 3.63) is 158 Å². The quantitative estimate of drug-likeness (QED) is 0.0385. The standard InChI is InChI=1S/C53H80O4/c1-3-5-7-9-11-13-15-17-19-21-23-24-25-26-27-28-29-31-33-35-37-39-41-43-45-47-49-56-51-52(50-54)57-53(55)48-46-44-42-40-38-36-34-32-30-22-20-18-16-14-12-10-8-6-4-2/h5-8,11-14,17-20,23-24,26-27,29-32,35-38,42,44,52,54H,3-4,9-10,15-16,21-22,25,28,33-34,39-41,43,45-51H2,1-2H3/b7-5-,8-6-,13-11-,14-12-,19-17-,20-18-,24-23-,27-26-,31-29-,32-30-,37-35-,38-36-,44-42-. The molecule has 0 aromatic carbocycles. The third-order valence-corrected chi connectivity index (χ3v) is 8.36. The molecule has 0 aliphatic heterocycles. The molecule has 0 aromatic rings. The normalized spacial score (nSPS) is 13.9. The SMILES string of the molecule is CC/C=C\C/C=C\C/C=C\C/C=C\C/C=C\C/C=C\C/C=C\CCCCCCOCC(CO)OC(=O)CC/C=C\C/C=C\C/C=C\C/C=C\C/C=C\C/C=C\CC. The van der Waals surface area contributed by atoms with E-state index in [1.807, 2.05) is 6.08 Å². The van der Waals surface area contributed by atoms with Crippen LogP contribution >= 0.6 is 0 Å². The Morgan fingerprint density at radius 1 is 0.421 bits per heavy atom. The first-order valence-corrected chi connectivity index (χ1v) is 22.1. The number of hydrogen-bond donors (Lipinski definition) is 1. The molecule has 4 nitrogen and oxygen atoms in total. The van der Waals surface area contributed by atoms with Gasteiger partial charge in [-0.2, -0.15) is 0 Å². The van der Waals surface area contributed by atoms with Crippen LogP contribution in [0.5, 0.6) is 0 Å². The molecule has 1 atom stereocenters. The molecule has 0 saturated heterocycles. The van der Waals surface area contributed by atoms with Crippen molar-refractivity contribution in [2.75, 3.05) is 19.8 Å². The summed E-state index contributed by atoms with van der Waals surface area (Å²) < 4.78 is 11.1. The van der Waals surface area contributed by atoms with Gasteiger partial charge in [0.25, 0.3) is 0 Å². The molecule has 0 bridgehead atoms. The zero-order valence-corrected chi connectivity index (χ0v) is 36.0. The third-order valence-electron chi connectivity index (χ3n) is 8.36. The van der Waals surface area contributed by atoms with Crippen molar-refractivity contribution >= 4 is 5.97 Å². The summed E-state index contributed by atoms with van der Waals surface area (Å²) in [5.41, 5.74) is 0. The zero-order valence-electron chi connectivity index (χ0n) is 36.0. The van der Waals surface area contributed by atoms with Crippen LogP contribution in [0.15, 0.2) is 158 Å². The average molecular weight is 781 g/mol. The van der Waals surface area contributed by atoms with Gasteiger partial charge in [0.1, 0.15) is 6.10 Å². The summed E-state index contributed by atoms with van der Waals surface area (Å²) in [6.45, 7) is 4.94. The highest BCUT2D eigenvalue weighted by molar-refractivity contribution is 5.69. The van der Waals surface area contributed by atoms with E-state index in [4.69, 9.17) is 9.47 Å². The highest BCUT2D eigenvalue weighted by Gasteiger charge is 2.13. The van der Waals surface area contributed by atoms with Gasteiger partial charge in [-0.3, -0.25) is 4.79 Å². The molecule has 4 heteroatoms. The summed E-state index contributed by atoms with van der Waals surface area (Å²) >= 11 is 0. The van der Waals surface area contributed by atoms with Crippen molar-refractivity contribution in [2.24, 2.45) is 0 Å². The molecule has 0 radical (unpaired) electrons. The predicted octanol–water partition coefficient (Wildman–Crippen LogP) is 15.0. The minimum atomic E-state index is -0.603. The van der Waals surface area contributed by atoms with Crippen molar-refractivity contribution < 1.29 is 19.4 Å². The Labute approximate surface area is 350 Å². The van der Waals surface area contributed by atoms with Crippen molar-refractivity contribution in [3.63, 3.8) is 0 Å². The number of carbonyl (C=O) groups excluding carboxylic acids is 1. The van der Waals surface area contributed by atoms with Gasteiger partial charge in [-0.05, 0) is 109 Å². The summed E-state index contributed by atoms with van der Waals surface area (Å²) in [5, 5.41) is 9.60. The summed E-state index contributed by atoms with van der Waals surface area (Å²) in [5.74, 6) is -0.300. The van der Waals surface area contributed by atoms with Gasteiger partial charge in [0, 0.05) is 13.0 Å². The molecular weight excluding hydrogens is 701 g/mol. The zero-order chi connectivity index (χ0) is 41.2. The van der Waals surface area contributed by atoms with Crippen LogP contribution in [0.4, 0.5) is 0 Å². The van der Waals surface area contributed by atoms with Crippen LogP contribution in [0, 0.1) is 0 Å². The minimum absolute atomic E-state index is 0.226. The average Bonchev–Trinajstić information content (AvgIpc) is 3.22. The van der Waals surface area contributed by atoms with Crippen LogP contribution in [-0.4, -0.2) is 37.0 Å². The Bertz CT molecular complexity index is 1280. The van der Waals surface area contributed by atoms with E-state index in [2.05, 4.69) is 166 Å². The lowest BCUT2D eigenvalue weighted by Crippen LogP contribution is -2.27. The van der Waals surface area contributed by atoms with Crippen molar-refractivity contribution in [2.45, 2.75) is 148 Å². The van der Waals surface area contributed by atoms with E-state index in [0.717, 1.165) is 103 Å². The number of carbonyl (C=O) groups is 1. The molecule has 0 aliphatic carbocycles. The van der Waals surface area contributed by atoms with Crippen LogP contribution in [0.3, 0.4) is 0 Å². The van der Waals surface area contributed by atoms with Crippen molar-refractivity contribution in [1.29, 1.82) is 0 Å². The summed E-state index contributed by atoms with van der Waals surface area (Å²) in [4.78, 5) is 12.2. The number of allylic oxidation sites excluding steroid dienone is 26. The van der Waals surface area contributed by atoms with E-state index >= 15 is 0 Å². The fraction of sp³-hybridized carbons (Fsp3) is 0.491. The van der Waals surface area contributed by atoms with E-state index < -0.39 is 6.10 Å². The Hall–Kier alpha value is -3.99. The maximum Gasteiger partial charge on any atom is 0.306 e. The molecule has 1 unspecified atom stereocenters. The van der Waals surface area contributed by atoms with Gasteiger partial charge in [0.05, 0.1) is 13.2 Å². The molecular formula is C53H80O4. The Morgan fingerprint density at radius 3 is 1.09 bits per heavy atom. The maximum atomic E-state index is 12.2. The second-order valence-electron chi connectivity index (χ2n) is 13.6. The smallest absolute Gasteiger partial charge is 0.306 e. The molecule has 0 heterocycles. The first-order chi connectivity index (χ1) is 28.2. The molecule has 316 valence electrons. The predicted molar refractivity (Wildman–Crippen MR) is 250 cm³/mol. The largest absolute Gasteiger partial charge is 0.457 e. The molecule has 1 N–H and O–H groups in total. The monoisotopic (exact) mass is 781 g/mol. The lowest BCUT2D eigenvalue weighted by Gasteiger charge is -2.15. The van der Waals surface area contributed by atoms with Crippen molar-refractivity contribution in [3.8, 4) is 0 Å². The van der Waals surface area contributed by atoms with E-state index in [-0.39, 0.29) is 19.2 Å². The molecule has 57 heavy (non-hydrogen) atoms. The Kier molecular flexibility index (Phi) is 44.8. The van der Waals surface area contributed by atoms with Gasteiger partial charge in [0.15, 0.2) is 0 Å². The van der Waals surface area contributed by atoms with E-state index in [0.29, 0.717) is 19.4 Å². The Balaban J connectivity index is 3.69. The third kappa shape index (κ3) is 46.3. The van der Waals surface area contributed by atoms with Gasteiger partial charge in [-0.25, -0.2) is 0 Å². The fourth-order valence-electron chi connectivity index (χ4n) is 5.15.